The highest BCUT2D eigenvalue weighted by molar-refractivity contribution is 7.91. The number of ether oxygens (including phenoxy) is 2. The lowest BCUT2D eigenvalue weighted by Gasteiger charge is -2.18. The third-order valence-corrected chi connectivity index (χ3v) is 6.79. The zero-order valence-electron chi connectivity index (χ0n) is 16.6. The van der Waals surface area contributed by atoms with Crippen LogP contribution in [0.3, 0.4) is 0 Å². The van der Waals surface area contributed by atoms with E-state index in [-0.39, 0.29) is 21.9 Å². The van der Waals surface area contributed by atoms with E-state index in [2.05, 4.69) is 10.2 Å². The van der Waals surface area contributed by atoms with E-state index in [1.54, 1.807) is 30.1 Å². The van der Waals surface area contributed by atoms with E-state index in [4.69, 9.17) is 9.47 Å². The lowest BCUT2D eigenvalue weighted by molar-refractivity contribution is 0.171. The molecule has 0 fully saturated rings. The van der Waals surface area contributed by atoms with Crippen LogP contribution in [-0.2, 0) is 23.4 Å². The third-order valence-electron chi connectivity index (χ3n) is 5.04. The maximum absolute atomic E-state index is 13.1. The molecule has 0 saturated carbocycles. The minimum atomic E-state index is -3.82. The van der Waals surface area contributed by atoms with E-state index < -0.39 is 9.84 Å². The van der Waals surface area contributed by atoms with Gasteiger partial charge in [0.1, 0.15) is 13.2 Å². The Morgan fingerprint density at radius 3 is 2.52 bits per heavy atom. The van der Waals surface area contributed by atoms with Crippen LogP contribution in [0.2, 0.25) is 0 Å². The van der Waals surface area contributed by atoms with E-state index in [9.17, 15) is 13.2 Å². The van der Waals surface area contributed by atoms with Crippen molar-refractivity contribution in [2.45, 2.75) is 16.3 Å². The highest BCUT2D eigenvalue weighted by atomic mass is 32.2. The van der Waals surface area contributed by atoms with Crippen molar-refractivity contribution >= 4 is 20.6 Å². The monoisotopic (exact) mass is 438 g/mol. The summed E-state index contributed by atoms with van der Waals surface area (Å²) < 4.78 is 40.2. The highest BCUT2D eigenvalue weighted by Gasteiger charge is 2.22. The number of hydrogen-bond acceptors (Lipinski definition) is 7. The summed E-state index contributed by atoms with van der Waals surface area (Å²) in [5.74, 6) is 0.911. The van der Waals surface area contributed by atoms with Crippen LogP contribution < -0.4 is 15.0 Å². The van der Waals surface area contributed by atoms with Crippen LogP contribution in [0, 0.1) is 0 Å². The number of aryl methyl sites for hydroxylation is 1. The molecular weight excluding hydrogens is 420 g/mol. The van der Waals surface area contributed by atoms with Crippen LogP contribution in [0.25, 0.3) is 10.8 Å². The molecule has 0 atom stereocenters. The minimum Gasteiger partial charge on any atom is -0.486 e. The average molecular weight is 438 g/mol. The molecule has 5 rings (SSSR count). The number of rotatable bonds is 4. The van der Waals surface area contributed by atoms with Crippen molar-refractivity contribution in [3.05, 3.63) is 70.9 Å². The fourth-order valence-corrected chi connectivity index (χ4v) is 4.78. The minimum absolute atomic E-state index is 0.0698. The van der Waals surface area contributed by atoms with Crippen LogP contribution in [0.1, 0.15) is 5.69 Å². The molecule has 0 bridgehead atoms. The molecule has 0 N–H and O–H groups in total. The third kappa shape index (κ3) is 3.44. The van der Waals surface area contributed by atoms with Gasteiger partial charge in [-0.25, -0.2) is 13.1 Å². The molecule has 0 amide bonds. The molecule has 0 saturated heterocycles. The summed E-state index contributed by atoms with van der Waals surface area (Å²) >= 11 is 0. The molecule has 0 aliphatic carbocycles. The number of hydrogen-bond donors (Lipinski definition) is 0. The van der Waals surface area contributed by atoms with Crippen LogP contribution in [0.15, 0.2) is 69.4 Å². The van der Waals surface area contributed by atoms with Gasteiger partial charge < -0.3 is 9.47 Å². The first-order valence-electron chi connectivity index (χ1n) is 9.55. The molecule has 10 heteroatoms. The van der Waals surface area contributed by atoms with Gasteiger partial charge in [0, 0.05) is 24.7 Å². The van der Waals surface area contributed by atoms with E-state index in [1.165, 1.54) is 41.2 Å². The van der Waals surface area contributed by atoms with E-state index in [0.29, 0.717) is 41.2 Å². The summed E-state index contributed by atoms with van der Waals surface area (Å²) in [4.78, 5) is 13.0. The number of fused-ring (bicyclic) bond motifs is 2. The van der Waals surface area contributed by atoms with Gasteiger partial charge in [-0.15, -0.1) is 0 Å². The van der Waals surface area contributed by atoms with E-state index in [0.717, 1.165) is 0 Å². The zero-order valence-corrected chi connectivity index (χ0v) is 17.4. The Bertz CT molecular complexity index is 1470. The summed E-state index contributed by atoms with van der Waals surface area (Å²) in [5.41, 5.74) is 0.390. The summed E-state index contributed by atoms with van der Waals surface area (Å²) in [7, 11) is -2.02. The molecule has 9 nitrogen and oxygen atoms in total. The molecule has 0 radical (unpaired) electrons. The number of aromatic nitrogens is 4. The summed E-state index contributed by atoms with van der Waals surface area (Å²) in [6.45, 7) is 1.02. The number of nitrogens with zero attached hydrogens (tertiary/aromatic N) is 4. The maximum atomic E-state index is 13.1. The predicted molar refractivity (Wildman–Crippen MR) is 111 cm³/mol. The van der Waals surface area contributed by atoms with Gasteiger partial charge in [0.15, 0.2) is 11.5 Å². The van der Waals surface area contributed by atoms with Gasteiger partial charge in [-0.3, -0.25) is 9.48 Å². The van der Waals surface area contributed by atoms with Crippen molar-refractivity contribution in [3.63, 3.8) is 0 Å². The fraction of sp³-hybridized carbons (Fsp3) is 0.190. The first-order chi connectivity index (χ1) is 14.9. The Morgan fingerprint density at radius 1 is 1.00 bits per heavy atom. The lowest BCUT2D eigenvalue weighted by atomic mass is 10.2. The van der Waals surface area contributed by atoms with Crippen LogP contribution >= 0.6 is 0 Å². The smallest absolute Gasteiger partial charge is 0.274 e. The van der Waals surface area contributed by atoms with Gasteiger partial charge in [0.2, 0.25) is 9.84 Å². The quantitative estimate of drug-likeness (QED) is 0.478. The molecule has 4 aromatic rings. The highest BCUT2D eigenvalue weighted by Crippen LogP contribution is 2.34. The molecular formula is C21H18N4O5S. The molecule has 2 aromatic carbocycles. The van der Waals surface area contributed by atoms with Crippen molar-refractivity contribution in [1.29, 1.82) is 0 Å². The van der Waals surface area contributed by atoms with Crippen LogP contribution in [-0.4, -0.2) is 41.2 Å². The Hall–Kier alpha value is -3.66. The van der Waals surface area contributed by atoms with Gasteiger partial charge in [-0.05, 0) is 36.4 Å². The molecule has 1 aliphatic rings. The SMILES string of the molecule is Cn1ccc(Cn2ncc3cc(S(=O)(=O)c4ccc5c(c4)OCCO5)ccc3c2=O)n1. The Morgan fingerprint density at radius 2 is 1.74 bits per heavy atom. The molecule has 3 heterocycles. The predicted octanol–water partition coefficient (Wildman–Crippen LogP) is 1.78. The first-order valence-corrected chi connectivity index (χ1v) is 11.0. The maximum Gasteiger partial charge on any atom is 0.274 e. The van der Waals surface area contributed by atoms with Crippen molar-refractivity contribution in [1.82, 2.24) is 19.6 Å². The van der Waals surface area contributed by atoms with Crippen molar-refractivity contribution in [3.8, 4) is 11.5 Å². The van der Waals surface area contributed by atoms with E-state index in [1.807, 2.05) is 0 Å². The Labute approximate surface area is 177 Å². The second-order valence-electron chi connectivity index (χ2n) is 7.15. The number of sulfone groups is 1. The summed E-state index contributed by atoms with van der Waals surface area (Å²) in [6, 6.07) is 10.7. The second kappa shape index (κ2) is 7.24. The van der Waals surface area contributed by atoms with Gasteiger partial charge >= 0.3 is 0 Å². The van der Waals surface area contributed by atoms with Crippen LogP contribution in [0.5, 0.6) is 11.5 Å². The van der Waals surface area contributed by atoms with E-state index >= 15 is 0 Å². The first kappa shape index (κ1) is 19.3. The van der Waals surface area contributed by atoms with Crippen molar-refractivity contribution < 1.29 is 17.9 Å². The molecule has 2 aromatic heterocycles. The normalized spacial score (nSPS) is 13.5. The standard InChI is InChI=1S/C21H18N4O5S/c1-24-7-6-15(23-24)13-25-21(26)18-4-2-16(10-14(18)12-22-25)31(27,28)17-3-5-19-20(11-17)30-9-8-29-19/h2-7,10-12H,8-9,13H2,1H3. The van der Waals surface area contributed by atoms with Gasteiger partial charge in [-0.1, -0.05) is 0 Å². The fourth-order valence-electron chi connectivity index (χ4n) is 3.47. The zero-order chi connectivity index (χ0) is 21.6. The van der Waals surface area contributed by atoms with Gasteiger partial charge in [-0.2, -0.15) is 10.2 Å². The summed E-state index contributed by atoms with van der Waals surface area (Å²) in [5, 5.41) is 9.27. The molecule has 31 heavy (non-hydrogen) atoms. The largest absolute Gasteiger partial charge is 0.486 e. The van der Waals surface area contributed by atoms with Crippen LogP contribution in [0.4, 0.5) is 0 Å². The lowest BCUT2D eigenvalue weighted by Crippen LogP contribution is -2.23. The van der Waals surface area contributed by atoms with Crippen molar-refractivity contribution in [2.75, 3.05) is 13.2 Å². The number of benzene rings is 2. The van der Waals surface area contributed by atoms with Crippen molar-refractivity contribution in [2.24, 2.45) is 7.05 Å². The molecule has 1 aliphatic heterocycles. The molecule has 0 spiro atoms. The van der Waals surface area contributed by atoms with Gasteiger partial charge in [0.25, 0.3) is 5.56 Å². The molecule has 0 unspecified atom stereocenters. The Kier molecular flexibility index (Phi) is 4.51. The molecule has 158 valence electrons. The topological polar surface area (TPSA) is 105 Å². The summed E-state index contributed by atoms with van der Waals surface area (Å²) in [6.07, 6.45) is 3.28. The van der Waals surface area contributed by atoms with Gasteiger partial charge in [0.05, 0.1) is 33.6 Å². The average Bonchev–Trinajstić information content (AvgIpc) is 3.19. The Balaban J connectivity index is 1.52. The second-order valence-corrected chi connectivity index (χ2v) is 9.10.